The van der Waals surface area contributed by atoms with Crippen molar-refractivity contribution in [2.24, 2.45) is 11.8 Å². The maximum atomic E-state index is 14.1. The minimum Gasteiger partial charge on any atom is -0.378 e. The summed E-state index contributed by atoms with van der Waals surface area (Å²) in [6.07, 6.45) is 11.3. The molecule has 2 saturated heterocycles. The number of amides is 1. The molecule has 4 aliphatic rings. The smallest absolute Gasteiger partial charge is 0.222 e. The van der Waals surface area contributed by atoms with Crippen LogP contribution in [0, 0.1) is 11.8 Å². The van der Waals surface area contributed by atoms with E-state index < -0.39 is 0 Å². The average molecular weight is 503 g/mol. The lowest BCUT2D eigenvalue weighted by molar-refractivity contribution is -0.125. The van der Waals surface area contributed by atoms with Gasteiger partial charge in [-0.2, -0.15) is 0 Å². The van der Waals surface area contributed by atoms with Crippen molar-refractivity contribution < 1.29 is 18.4 Å². The van der Waals surface area contributed by atoms with Crippen LogP contribution in [0.25, 0.3) is 6.08 Å². The Morgan fingerprint density at radius 3 is 2.58 bits per heavy atom. The maximum absolute atomic E-state index is 14.1. The second-order valence-electron chi connectivity index (χ2n) is 11.5. The fourth-order valence-electron chi connectivity index (χ4n) is 6.41. The molecule has 1 aromatic rings. The van der Waals surface area contributed by atoms with Crippen LogP contribution in [0.2, 0.25) is 0 Å². The largest absolute Gasteiger partial charge is 0.378 e. The molecule has 2 aliphatic heterocycles. The molecule has 3 atom stereocenters. The molecule has 1 N–H and O–H groups in total. The SMILES string of the molecule is CC1C(F)=Cc2onc(N3CCN(CCC4CCC(NC(=O)CC5CCCCO5)CC4)CC3)c2C1C. The lowest BCUT2D eigenvalue weighted by atomic mass is 9.83. The number of nitrogens with one attached hydrogen (secondary N) is 1. The zero-order valence-electron chi connectivity index (χ0n) is 22.0. The third-order valence-electron chi connectivity index (χ3n) is 9.07. The van der Waals surface area contributed by atoms with Gasteiger partial charge in [0, 0.05) is 56.4 Å². The van der Waals surface area contributed by atoms with Gasteiger partial charge in [0.2, 0.25) is 5.91 Å². The third kappa shape index (κ3) is 5.96. The van der Waals surface area contributed by atoms with Gasteiger partial charge in [-0.05, 0) is 69.7 Å². The van der Waals surface area contributed by atoms with Gasteiger partial charge < -0.3 is 19.5 Å². The number of halogens is 1. The van der Waals surface area contributed by atoms with Crippen molar-refractivity contribution in [2.75, 3.05) is 44.2 Å². The van der Waals surface area contributed by atoms with E-state index in [4.69, 9.17) is 9.26 Å². The fraction of sp³-hybridized carbons (Fsp3) is 0.786. The van der Waals surface area contributed by atoms with Crippen molar-refractivity contribution in [1.29, 1.82) is 0 Å². The number of allylic oxidation sites excluding steroid dienone is 1. The lowest BCUT2D eigenvalue weighted by Crippen LogP contribution is -2.47. The van der Waals surface area contributed by atoms with Crippen LogP contribution >= 0.6 is 0 Å². The van der Waals surface area contributed by atoms with Crippen LogP contribution in [-0.2, 0) is 9.53 Å². The molecule has 1 amide bonds. The van der Waals surface area contributed by atoms with Crippen molar-refractivity contribution in [1.82, 2.24) is 15.4 Å². The van der Waals surface area contributed by atoms with Crippen molar-refractivity contribution in [3.05, 3.63) is 17.2 Å². The molecular formula is C28H43FN4O3. The Morgan fingerprint density at radius 1 is 1.08 bits per heavy atom. The van der Waals surface area contributed by atoms with E-state index in [2.05, 4.69) is 27.2 Å². The zero-order valence-corrected chi connectivity index (χ0v) is 22.0. The van der Waals surface area contributed by atoms with Crippen LogP contribution in [0.5, 0.6) is 0 Å². The molecule has 7 nitrogen and oxygen atoms in total. The molecule has 3 unspecified atom stereocenters. The second-order valence-corrected chi connectivity index (χ2v) is 11.5. The first-order valence-corrected chi connectivity index (χ1v) is 14.2. The van der Waals surface area contributed by atoms with Crippen LogP contribution in [0.1, 0.15) is 88.9 Å². The summed E-state index contributed by atoms with van der Waals surface area (Å²) in [7, 11) is 0. The molecule has 0 radical (unpaired) electrons. The number of carbonyl (C=O) groups is 1. The minimum absolute atomic E-state index is 0.0739. The number of rotatable bonds is 7. The van der Waals surface area contributed by atoms with Crippen LogP contribution in [0.15, 0.2) is 10.3 Å². The van der Waals surface area contributed by atoms with Gasteiger partial charge in [0.25, 0.3) is 0 Å². The molecule has 0 aromatic carbocycles. The van der Waals surface area contributed by atoms with E-state index in [1.807, 2.05) is 6.92 Å². The monoisotopic (exact) mass is 502 g/mol. The first-order valence-electron chi connectivity index (χ1n) is 14.2. The Bertz CT molecular complexity index is 912. The lowest BCUT2D eigenvalue weighted by Gasteiger charge is -2.37. The topological polar surface area (TPSA) is 70.8 Å². The highest BCUT2D eigenvalue weighted by Gasteiger charge is 2.34. The second kappa shape index (κ2) is 11.6. The Kier molecular flexibility index (Phi) is 8.31. The van der Waals surface area contributed by atoms with Crippen molar-refractivity contribution >= 4 is 17.8 Å². The van der Waals surface area contributed by atoms with Gasteiger partial charge in [0.05, 0.1) is 12.5 Å². The Morgan fingerprint density at radius 2 is 1.86 bits per heavy atom. The number of nitrogens with zero attached hydrogens (tertiary/aromatic N) is 3. The Hall–Kier alpha value is -1.93. The van der Waals surface area contributed by atoms with Gasteiger partial charge in [-0.3, -0.25) is 9.69 Å². The standard InChI is InChI=1S/C28H43FN4O3/c1-19-20(2)27-25(18-24(19)29)36-31-28(27)33-14-12-32(13-15-33)11-10-21-6-8-22(9-7-21)30-26(34)17-23-5-3-4-16-35-23/h18-23H,3-17H2,1-2H3,(H,30,34). The molecule has 2 aliphatic carbocycles. The molecule has 0 spiro atoms. The van der Waals surface area contributed by atoms with Crippen LogP contribution in [-0.4, -0.2) is 67.4 Å². The Labute approximate surface area is 214 Å². The predicted molar refractivity (Wildman–Crippen MR) is 139 cm³/mol. The number of ether oxygens (including phenoxy) is 1. The summed E-state index contributed by atoms with van der Waals surface area (Å²) < 4.78 is 25.4. The van der Waals surface area contributed by atoms with Crippen molar-refractivity contribution in [3.63, 3.8) is 0 Å². The van der Waals surface area contributed by atoms with Gasteiger partial charge in [0.15, 0.2) is 11.6 Å². The number of aromatic nitrogens is 1. The molecule has 3 heterocycles. The first-order chi connectivity index (χ1) is 17.5. The number of anilines is 1. The van der Waals surface area contributed by atoms with Gasteiger partial charge in [-0.1, -0.05) is 19.0 Å². The van der Waals surface area contributed by atoms with Gasteiger partial charge in [0.1, 0.15) is 5.83 Å². The molecule has 0 bridgehead atoms. The van der Waals surface area contributed by atoms with Crippen LogP contribution < -0.4 is 10.2 Å². The van der Waals surface area contributed by atoms with Crippen LogP contribution in [0.3, 0.4) is 0 Å². The van der Waals surface area contributed by atoms with E-state index in [-0.39, 0.29) is 29.7 Å². The molecule has 200 valence electrons. The molecule has 36 heavy (non-hydrogen) atoms. The van der Waals surface area contributed by atoms with E-state index in [1.54, 1.807) is 0 Å². The highest BCUT2D eigenvalue weighted by molar-refractivity contribution is 5.76. The number of hydrogen-bond donors (Lipinski definition) is 1. The fourth-order valence-corrected chi connectivity index (χ4v) is 6.41. The van der Waals surface area contributed by atoms with Crippen molar-refractivity contribution in [3.8, 4) is 0 Å². The summed E-state index contributed by atoms with van der Waals surface area (Å²) >= 11 is 0. The number of fused-ring (bicyclic) bond motifs is 1. The predicted octanol–water partition coefficient (Wildman–Crippen LogP) is 4.88. The molecule has 3 fully saturated rings. The van der Waals surface area contributed by atoms with E-state index >= 15 is 0 Å². The summed E-state index contributed by atoms with van der Waals surface area (Å²) in [6.45, 7) is 9.82. The summed E-state index contributed by atoms with van der Waals surface area (Å²) in [6, 6.07) is 0.336. The quantitative estimate of drug-likeness (QED) is 0.573. The van der Waals surface area contributed by atoms with E-state index in [0.717, 1.165) is 82.3 Å². The summed E-state index contributed by atoms with van der Waals surface area (Å²) in [5.74, 6) is 2.24. The normalized spacial score (nSPS) is 31.6. The van der Waals surface area contributed by atoms with Gasteiger partial charge in [-0.15, -0.1) is 0 Å². The van der Waals surface area contributed by atoms with E-state index in [9.17, 15) is 9.18 Å². The van der Waals surface area contributed by atoms with Gasteiger partial charge in [-0.25, -0.2) is 4.39 Å². The van der Waals surface area contributed by atoms with Crippen LogP contribution in [0.4, 0.5) is 10.2 Å². The third-order valence-corrected chi connectivity index (χ3v) is 9.07. The van der Waals surface area contributed by atoms with E-state index in [0.29, 0.717) is 18.2 Å². The average Bonchev–Trinajstić information content (AvgIpc) is 3.31. The molecule has 5 rings (SSSR count). The molecule has 1 aromatic heterocycles. The minimum atomic E-state index is -0.133. The number of carbonyl (C=O) groups excluding carboxylic acids is 1. The van der Waals surface area contributed by atoms with E-state index in [1.165, 1.54) is 31.8 Å². The zero-order chi connectivity index (χ0) is 25.1. The first kappa shape index (κ1) is 25.7. The van der Waals surface area contributed by atoms with Gasteiger partial charge >= 0.3 is 0 Å². The summed E-state index contributed by atoms with van der Waals surface area (Å²) in [5.41, 5.74) is 1.06. The molecular weight excluding hydrogens is 459 g/mol. The maximum Gasteiger partial charge on any atom is 0.222 e. The molecule has 8 heteroatoms. The highest BCUT2D eigenvalue weighted by Crippen LogP contribution is 2.43. The molecule has 1 saturated carbocycles. The number of hydrogen-bond acceptors (Lipinski definition) is 6. The Balaban J connectivity index is 1.01. The summed E-state index contributed by atoms with van der Waals surface area (Å²) in [5, 5.41) is 7.60. The van der Waals surface area contributed by atoms with Crippen molar-refractivity contribution in [2.45, 2.75) is 89.7 Å². The number of piperazine rings is 1. The highest BCUT2D eigenvalue weighted by atomic mass is 19.1. The summed E-state index contributed by atoms with van der Waals surface area (Å²) in [4.78, 5) is 17.3.